The van der Waals surface area contributed by atoms with Crippen molar-refractivity contribution in [3.63, 3.8) is 0 Å². The van der Waals surface area contributed by atoms with E-state index in [1.165, 1.54) is 4.88 Å². The minimum absolute atomic E-state index is 0.142. The van der Waals surface area contributed by atoms with Gasteiger partial charge >= 0.3 is 0 Å². The molecule has 0 fully saturated rings. The molecule has 0 saturated heterocycles. The first-order chi connectivity index (χ1) is 8.86. The van der Waals surface area contributed by atoms with Gasteiger partial charge in [-0.2, -0.15) is 0 Å². The Morgan fingerprint density at radius 1 is 1.42 bits per heavy atom. The van der Waals surface area contributed by atoms with Gasteiger partial charge in [0.25, 0.3) is 5.91 Å². The molecule has 2 aromatic rings. The highest BCUT2D eigenvalue weighted by atomic mass is 32.1. The molecule has 0 spiro atoms. The molecule has 0 aliphatic heterocycles. The van der Waals surface area contributed by atoms with Crippen LogP contribution in [-0.4, -0.2) is 21.1 Å². The van der Waals surface area contributed by atoms with Gasteiger partial charge in [0, 0.05) is 15.2 Å². The number of nitrogens with zero attached hydrogens (tertiary/aromatic N) is 2. The summed E-state index contributed by atoms with van der Waals surface area (Å²) < 4.78 is 0. The highest BCUT2D eigenvalue weighted by molar-refractivity contribution is 7.11. The zero-order valence-electron chi connectivity index (χ0n) is 11.6. The summed E-state index contributed by atoms with van der Waals surface area (Å²) in [6, 6.07) is 4.05. The third-order valence-corrected chi connectivity index (χ3v) is 3.62. The van der Waals surface area contributed by atoms with E-state index in [1.807, 2.05) is 39.8 Å². The van der Waals surface area contributed by atoms with Gasteiger partial charge in [-0.1, -0.05) is 20.8 Å². The maximum absolute atomic E-state index is 11.9. The lowest BCUT2D eigenvalue weighted by Crippen LogP contribution is -2.24. The Kier molecular flexibility index (Phi) is 3.71. The minimum Gasteiger partial charge on any atom is -0.344 e. The van der Waals surface area contributed by atoms with Gasteiger partial charge in [0.15, 0.2) is 0 Å². The van der Waals surface area contributed by atoms with E-state index in [0.717, 1.165) is 4.88 Å². The largest absolute Gasteiger partial charge is 0.344 e. The van der Waals surface area contributed by atoms with Crippen LogP contribution in [0.15, 0.2) is 12.1 Å². The SMILES string of the molecule is Cc1ccc(CNC(=O)c2n[nH]c(C(C)(C)C)n2)s1. The van der Waals surface area contributed by atoms with Gasteiger partial charge in [-0.15, -0.1) is 16.4 Å². The molecule has 6 heteroatoms. The molecule has 0 atom stereocenters. The number of aromatic nitrogens is 3. The summed E-state index contributed by atoms with van der Waals surface area (Å²) in [7, 11) is 0. The monoisotopic (exact) mass is 278 g/mol. The molecule has 2 N–H and O–H groups in total. The van der Waals surface area contributed by atoms with E-state index in [2.05, 4.69) is 20.5 Å². The lowest BCUT2D eigenvalue weighted by Gasteiger charge is -2.12. The fourth-order valence-electron chi connectivity index (χ4n) is 1.53. The van der Waals surface area contributed by atoms with Crippen LogP contribution in [0, 0.1) is 6.92 Å². The minimum atomic E-state index is -0.252. The summed E-state index contributed by atoms with van der Waals surface area (Å²) in [5.74, 6) is 0.653. The first-order valence-corrected chi connectivity index (χ1v) is 6.94. The van der Waals surface area contributed by atoms with Gasteiger partial charge in [0.05, 0.1) is 6.54 Å². The van der Waals surface area contributed by atoms with Gasteiger partial charge in [0.2, 0.25) is 5.82 Å². The first kappa shape index (κ1) is 13.7. The Hall–Kier alpha value is -1.69. The van der Waals surface area contributed by atoms with Crippen molar-refractivity contribution in [1.29, 1.82) is 0 Å². The van der Waals surface area contributed by atoms with Crippen molar-refractivity contribution in [3.05, 3.63) is 33.5 Å². The second kappa shape index (κ2) is 5.13. The molecule has 5 nitrogen and oxygen atoms in total. The van der Waals surface area contributed by atoms with Crippen molar-refractivity contribution < 1.29 is 4.79 Å². The Morgan fingerprint density at radius 2 is 2.16 bits per heavy atom. The lowest BCUT2D eigenvalue weighted by atomic mass is 9.96. The molecular formula is C13H18N4OS. The fourth-order valence-corrected chi connectivity index (χ4v) is 2.36. The molecular weight excluding hydrogens is 260 g/mol. The van der Waals surface area contributed by atoms with Crippen LogP contribution in [0.4, 0.5) is 0 Å². The first-order valence-electron chi connectivity index (χ1n) is 6.12. The molecule has 102 valence electrons. The number of hydrogen-bond acceptors (Lipinski definition) is 4. The number of thiophene rings is 1. The van der Waals surface area contributed by atoms with Crippen LogP contribution < -0.4 is 5.32 Å². The van der Waals surface area contributed by atoms with E-state index in [9.17, 15) is 4.79 Å². The molecule has 0 saturated carbocycles. The molecule has 0 radical (unpaired) electrons. The topological polar surface area (TPSA) is 70.7 Å². The standard InChI is InChI=1S/C13H18N4OS/c1-8-5-6-9(19-8)7-14-11(18)10-15-12(17-16-10)13(2,3)4/h5-6H,7H2,1-4H3,(H,14,18)(H,15,16,17). The number of H-pyrrole nitrogens is 1. The number of carbonyl (C=O) groups excluding carboxylic acids is 1. The summed E-state index contributed by atoms with van der Waals surface area (Å²) in [4.78, 5) is 18.5. The summed E-state index contributed by atoms with van der Waals surface area (Å²) >= 11 is 1.67. The van der Waals surface area contributed by atoms with E-state index in [4.69, 9.17) is 0 Å². The van der Waals surface area contributed by atoms with E-state index < -0.39 is 0 Å². The molecule has 19 heavy (non-hydrogen) atoms. The van der Waals surface area contributed by atoms with E-state index in [-0.39, 0.29) is 17.1 Å². The second-order valence-electron chi connectivity index (χ2n) is 5.45. The molecule has 2 heterocycles. The van der Waals surface area contributed by atoms with E-state index >= 15 is 0 Å². The number of rotatable bonds is 3. The molecule has 0 aliphatic rings. The third kappa shape index (κ3) is 3.41. The third-order valence-electron chi connectivity index (χ3n) is 2.62. The summed E-state index contributed by atoms with van der Waals surface area (Å²) in [5, 5.41) is 9.58. The van der Waals surface area contributed by atoms with Gasteiger partial charge < -0.3 is 5.32 Å². The molecule has 0 bridgehead atoms. The van der Waals surface area contributed by atoms with Crippen molar-refractivity contribution in [3.8, 4) is 0 Å². The molecule has 2 rings (SSSR count). The highest BCUT2D eigenvalue weighted by Crippen LogP contribution is 2.17. The predicted octanol–water partition coefficient (Wildman–Crippen LogP) is 2.40. The predicted molar refractivity (Wildman–Crippen MR) is 75.3 cm³/mol. The number of aryl methyl sites for hydroxylation is 1. The lowest BCUT2D eigenvalue weighted by molar-refractivity contribution is 0.0941. The Labute approximate surface area is 116 Å². The van der Waals surface area contributed by atoms with Crippen LogP contribution in [0.25, 0.3) is 0 Å². The Morgan fingerprint density at radius 3 is 2.68 bits per heavy atom. The number of hydrogen-bond donors (Lipinski definition) is 2. The van der Waals surface area contributed by atoms with Crippen molar-refractivity contribution in [1.82, 2.24) is 20.5 Å². The summed E-state index contributed by atoms with van der Waals surface area (Å²) in [6.45, 7) is 8.61. The molecule has 1 amide bonds. The van der Waals surface area contributed by atoms with Crippen LogP contribution >= 0.6 is 11.3 Å². The zero-order valence-corrected chi connectivity index (χ0v) is 12.4. The molecule has 0 aromatic carbocycles. The van der Waals surface area contributed by atoms with Gasteiger partial charge in [-0.05, 0) is 19.1 Å². The normalized spacial score (nSPS) is 11.6. The summed E-state index contributed by atoms with van der Waals surface area (Å²) in [5.41, 5.74) is -0.142. The quantitative estimate of drug-likeness (QED) is 0.905. The van der Waals surface area contributed by atoms with Crippen molar-refractivity contribution in [2.24, 2.45) is 0 Å². The van der Waals surface area contributed by atoms with E-state index in [0.29, 0.717) is 12.4 Å². The average Bonchev–Trinajstić information content (AvgIpc) is 2.93. The van der Waals surface area contributed by atoms with Crippen molar-refractivity contribution in [2.75, 3.05) is 0 Å². The number of aromatic amines is 1. The van der Waals surface area contributed by atoms with Crippen molar-refractivity contribution in [2.45, 2.75) is 39.7 Å². The number of nitrogens with one attached hydrogen (secondary N) is 2. The summed E-state index contributed by atoms with van der Waals surface area (Å²) in [6.07, 6.45) is 0. The van der Waals surface area contributed by atoms with Gasteiger partial charge in [-0.3, -0.25) is 9.89 Å². The smallest absolute Gasteiger partial charge is 0.291 e. The van der Waals surface area contributed by atoms with Crippen LogP contribution in [0.1, 0.15) is 47.0 Å². The zero-order chi connectivity index (χ0) is 14.0. The molecule has 0 aliphatic carbocycles. The Bertz CT molecular complexity index is 579. The average molecular weight is 278 g/mol. The van der Waals surface area contributed by atoms with Gasteiger partial charge in [0.1, 0.15) is 5.82 Å². The number of amides is 1. The van der Waals surface area contributed by atoms with Crippen LogP contribution in [-0.2, 0) is 12.0 Å². The number of carbonyl (C=O) groups is 1. The van der Waals surface area contributed by atoms with E-state index in [1.54, 1.807) is 11.3 Å². The van der Waals surface area contributed by atoms with Crippen LogP contribution in [0.5, 0.6) is 0 Å². The molecule has 2 aromatic heterocycles. The second-order valence-corrected chi connectivity index (χ2v) is 6.83. The highest BCUT2D eigenvalue weighted by Gasteiger charge is 2.21. The van der Waals surface area contributed by atoms with Crippen molar-refractivity contribution >= 4 is 17.2 Å². The molecule has 0 unspecified atom stereocenters. The van der Waals surface area contributed by atoms with Crippen LogP contribution in [0.3, 0.4) is 0 Å². The maximum atomic E-state index is 11.9. The van der Waals surface area contributed by atoms with Gasteiger partial charge in [-0.25, -0.2) is 4.98 Å². The fraction of sp³-hybridized carbons (Fsp3) is 0.462. The van der Waals surface area contributed by atoms with Crippen LogP contribution in [0.2, 0.25) is 0 Å². The maximum Gasteiger partial charge on any atom is 0.291 e. The Balaban J connectivity index is 1.98.